The lowest BCUT2D eigenvalue weighted by atomic mass is 10.0. The smallest absolute Gasteiger partial charge is 0.336 e. The van der Waals surface area contributed by atoms with Crippen LogP contribution in [-0.2, 0) is 6.54 Å². The summed E-state index contributed by atoms with van der Waals surface area (Å²) in [5, 5.41) is 13.9. The summed E-state index contributed by atoms with van der Waals surface area (Å²) in [4.78, 5) is 11.2. The molecule has 2 rings (SSSR count). The molecule has 0 saturated carbocycles. The third kappa shape index (κ3) is 2.38. The fourth-order valence-electron chi connectivity index (χ4n) is 1.87. The fourth-order valence-corrected chi connectivity index (χ4v) is 2.04. The summed E-state index contributed by atoms with van der Waals surface area (Å²) >= 11 is 5.95. The van der Waals surface area contributed by atoms with Crippen LogP contribution in [0.4, 0.5) is 0 Å². The van der Waals surface area contributed by atoms with Crippen LogP contribution in [-0.4, -0.2) is 20.9 Å². The topological polar surface area (TPSA) is 55.1 Å². The number of carboxylic acids is 1. The van der Waals surface area contributed by atoms with Crippen molar-refractivity contribution in [3.8, 4) is 11.3 Å². The highest BCUT2D eigenvalue weighted by atomic mass is 35.5. The zero-order chi connectivity index (χ0) is 13.1. The van der Waals surface area contributed by atoms with Crippen LogP contribution in [0, 0.1) is 0 Å². The van der Waals surface area contributed by atoms with Gasteiger partial charge in [-0.05, 0) is 30.7 Å². The summed E-state index contributed by atoms with van der Waals surface area (Å²) in [5.41, 5.74) is 1.61. The van der Waals surface area contributed by atoms with Gasteiger partial charge in [-0.15, -0.1) is 0 Å². The molecule has 4 nitrogen and oxygen atoms in total. The van der Waals surface area contributed by atoms with Gasteiger partial charge in [0.05, 0.1) is 11.3 Å². The molecule has 18 heavy (non-hydrogen) atoms. The molecule has 0 amide bonds. The van der Waals surface area contributed by atoms with E-state index in [0.29, 0.717) is 10.6 Å². The largest absolute Gasteiger partial charge is 0.478 e. The maximum absolute atomic E-state index is 11.2. The minimum absolute atomic E-state index is 0.234. The number of nitrogens with zero attached hydrogens (tertiary/aromatic N) is 2. The van der Waals surface area contributed by atoms with E-state index in [1.165, 1.54) is 6.07 Å². The number of aromatic carboxylic acids is 1. The Kier molecular flexibility index (Phi) is 3.67. The van der Waals surface area contributed by atoms with Gasteiger partial charge in [-0.3, -0.25) is 4.68 Å². The van der Waals surface area contributed by atoms with Gasteiger partial charge in [0.2, 0.25) is 0 Å². The van der Waals surface area contributed by atoms with Gasteiger partial charge >= 0.3 is 5.97 Å². The second kappa shape index (κ2) is 5.23. The molecule has 94 valence electrons. The standard InChI is InChI=1S/C13H13ClN2O2/c1-2-7-16-12(5-6-15-16)11-8-9(14)3-4-10(11)13(17)18/h3-6,8H,2,7H2,1H3,(H,17,18). The van der Waals surface area contributed by atoms with Gasteiger partial charge in [-0.2, -0.15) is 5.10 Å². The highest BCUT2D eigenvalue weighted by molar-refractivity contribution is 6.31. The molecule has 0 saturated heterocycles. The van der Waals surface area contributed by atoms with Crippen LogP contribution in [0.15, 0.2) is 30.5 Å². The summed E-state index contributed by atoms with van der Waals surface area (Å²) in [6.45, 7) is 2.79. The van der Waals surface area contributed by atoms with Gasteiger partial charge in [-0.1, -0.05) is 18.5 Å². The Hall–Kier alpha value is -1.81. The van der Waals surface area contributed by atoms with Crippen molar-refractivity contribution >= 4 is 17.6 Å². The molecule has 1 heterocycles. The molecule has 0 bridgehead atoms. The number of hydrogen-bond donors (Lipinski definition) is 1. The van der Waals surface area contributed by atoms with Crippen molar-refractivity contribution in [2.24, 2.45) is 0 Å². The van der Waals surface area contributed by atoms with E-state index in [-0.39, 0.29) is 5.56 Å². The van der Waals surface area contributed by atoms with E-state index < -0.39 is 5.97 Å². The van der Waals surface area contributed by atoms with Gasteiger partial charge < -0.3 is 5.11 Å². The zero-order valence-corrected chi connectivity index (χ0v) is 10.7. The Morgan fingerprint density at radius 1 is 1.44 bits per heavy atom. The number of aromatic nitrogens is 2. The highest BCUT2D eigenvalue weighted by Gasteiger charge is 2.15. The first-order valence-electron chi connectivity index (χ1n) is 5.68. The number of benzene rings is 1. The Morgan fingerprint density at radius 3 is 2.89 bits per heavy atom. The lowest BCUT2D eigenvalue weighted by Gasteiger charge is -2.09. The third-order valence-corrected chi connectivity index (χ3v) is 2.88. The number of hydrogen-bond acceptors (Lipinski definition) is 2. The molecule has 0 aliphatic carbocycles. The van der Waals surface area contributed by atoms with Crippen LogP contribution in [0.25, 0.3) is 11.3 Å². The molecule has 0 aliphatic rings. The number of carboxylic acid groups (broad SMARTS) is 1. The van der Waals surface area contributed by atoms with Gasteiger partial charge in [0.1, 0.15) is 0 Å². The van der Waals surface area contributed by atoms with Crippen molar-refractivity contribution in [1.82, 2.24) is 9.78 Å². The van der Waals surface area contributed by atoms with Crippen molar-refractivity contribution in [3.63, 3.8) is 0 Å². The highest BCUT2D eigenvalue weighted by Crippen LogP contribution is 2.27. The average Bonchev–Trinajstić information content (AvgIpc) is 2.77. The number of rotatable bonds is 4. The normalized spacial score (nSPS) is 10.6. The number of carbonyl (C=O) groups is 1. The molecule has 0 fully saturated rings. The third-order valence-electron chi connectivity index (χ3n) is 2.64. The molecule has 5 heteroatoms. The Bertz CT molecular complexity index is 578. The van der Waals surface area contributed by atoms with Crippen molar-refractivity contribution < 1.29 is 9.90 Å². The molecule has 1 aromatic heterocycles. The predicted octanol–water partition coefficient (Wildman–Crippen LogP) is 3.31. The van der Waals surface area contributed by atoms with E-state index in [2.05, 4.69) is 5.10 Å². The Morgan fingerprint density at radius 2 is 2.22 bits per heavy atom. The molecule has 0 unspecified atom stereocenters. The second-order valence-electron chi connectivity index (χ2n) is 3.93. The van der Waals surface area contributed by atoms with Crippen molar-refractivity contribution in [1.29, 1.82) is 0 Å². The SMILES string of the molecule is CCCn1nccc1-c1cc(Cl)ccc1C(=O)O. The van der Waals surface area contributed by atoms with Gasteiger partial charge in [0.15, 0.2) is 0 Å². The minimum atomic E-state index is -0.967. The van der Waals surface area contributed by atoms with Crippen molar-refractivity contribution in [2.45, 2.75) is 19.9 Å². The van der Waals surface area contributed by atoms with Crippen LogP contribution in [0.2, 0.25) is 5.02 Å². The Labute approximate surface area is 110 Å². The summed E-state index contributed by atoms with van der Waals surface area (Å²) < 4.78 is 1.79. The maximum Gasteiger partial charge on any atom is 0.336 e. The number of halogens is 1. The summed E-state index contributed by atoms with van der Waals surface area (Å²) in [5.74, 6) is -0.967. The van der Waals surface area contributed by atoms with Crippen molar-refractivity contribution in [2.75, 3.05) is 0 Å². The summed E-state index contributed by atoms with van der Waals surface area (Å²) in [6, 6.07) is 6.56. The van der Waals surface area contributed by atoms with E-state index in [1.54, 1.807) is 29.1 Å². The monoisotopic (exact) mass is 264 g/mol. The van der Waals surface area contributed by atoms with Gasteiger partial charge in [0, 0.05) is 23.3 Å². The first-order valence-corrected chi connectivity index (χ1v) is 6.06. The first-order chi connectivity index (χ1) is 8.63. The van der Waals surface area contributed by atoms with Crippen LogP contribution in [0.3, 0.4) is 0 Å². The molecule has 2 aromatic rings. The van der Waals surface area contributed by atoms with E-state index >= 15 is 0 Å². The second-order valence-corrected chi connectivity index (χ2v) is 4.37. The quantitative estimate of drug-likeness (QED) is 0.922. The molecule has 1 N–H and O–H groups in total. The van der Waals surface area contributed by atoms with Crippen LogP contribution < -0.4 is 0 Å². The fraction of sp³-hybridized carbons (Fsp3) is 0.231. The molecule has 1 aromatic carbocycles. The maximum atomic E-state index is 11.2. The van der Waals surface area contributed by atoms with E-state index in [4.69, 9.17) is 11.6 Å². The molecular weight excluding hydrogens is 252 g/mol. The zero-order valence-electron chi connectivity index (χ0n) is 9.93. The first kappa shape index (κ1) is 12.6. The Balaban J connectivity index is 2.58. The lowest BCUT2D eigenvalue weighted by Crippen LogP contribution is -2.05. The van der Waals surface area contributed by atoms with Crippen LogP contribution >= 0.6 is 11.6 Å². The summed E-state index contributed by atoms with van der Waals surface area (Å²) in [7, 11) is 0. The number of aryl methyl sites for hydroxylation is 1. The van der Waals surface area contributed by atoms with Crippen molar-refractivity contribution in [3.05, 3.63) is 41.0 Å². The van der Waals surface area contributed by atoms with Gasteiger partial charge in [-0.25, -0.2) is 4.79 Å². The van der Waals surface area contributed by atoms with Crippen LogP contribution in [0.5, 0.6) is 0 Å². The molecule has 0 radical (unpaired) electrons. The minimum Gasteiger partial charge on any atom is -0.478 e. The van der Waals surface area contributed by atoms with Gasteiger partial charge in [0.25, 0.3) is 0 Å². The molecule has 0 aliphatic heterocycles. The lowest BCUT2D eigenvalue weighted by molar-refractivity contribution is 0.0697. The summed E-state index contributed by atoms with van der Waals surface area (Å²) in [6.07, 6.45) is 2.59. The van der Waals surface area contributed by atoms with Crippen LogP contribution in [0.1, 0.15) is 23.7 Å². The predicted molar refractivity (Wildman–Crippen MR) is 69.9 cm³/mol. The average molecular weight is 265 g/mol. The van der Waals surface area contributed by atoms with E-state index in [1.807, 2.05) is 6.92 Å². The molecule has 0 spiro atoms. The molecule has 0 atom stereocenters. The van der Waals surface area contributed by atoms with E-state index in [9.17, 15) is 9.90 Å². The molecular formula is C13H13ClN2O2. The van der Waals surface area contributed by atoms with E-state index in [0.717, 1.165) is 18.7 Å².